The largest absolute Gasteiger partial charge is 0.381 e. The first-order valence-corrected chi connectivity index (χ1v) is 10.4. The number of hydrogen-bond donors (Lipinski definition) is 2. The predicted octanol–water partition coefficient (Wildman–Crippen LogP) is 1.06. The van der Waals surface area contributed by atoms with Gasteiger partial charge in [0.05, 0.1) is 6.26 Å². The van der Waals surface area contributed by atoms with Crippen LogP contribution >= 0.6 is 0 Å². The Bertz CT molecular complexity index is 471. The predicted molar refractivity (Wildman–Crippen MR) is 88.8 cm³/mol. The number of hydrogen-bond acceptors (Lipinski definition) is 4. The maximum absolute atomic E-state index is 12.0. The Kier molecular flexibility index (Phi) is 7.10. The average Bonchev–Trinajstić information content (AvgIpc) is 2.52. The second kappa shape index (κ2) is 8.84. The fourth-order valence-corrected chi connectivity index (χ4v) is 4.53. The van der Waals surface area contributed by atoms with Gasteiger partial charge in [-0.3, -0.25) is 0 Å². The first-order valence-electron chi connectivity index (χ1n) is 8.56. The highest BCUT2D eigenvalue weighted by atomic mass is 32.2. The van der Waals surface area contributed by atoms with E-state index in [4.69, 9.17) is 4.74 Å². The second-order valence-electron chi connectivity index (χ2n) is 6.45. The van der Waals surface area contributed by atoms with Crippen LogP contribution in [0.3, 0.4) is 0 Å². The van der Waals surface area contributed by atoms with Gasteiger partial charge in [-0.05, 0) is 25.7 Å². The van der Waals surface area contributed by atoms with Crippen molar-refractivity contribution < 1.29 is 17.9 Å². The molecule has 0 unspecified atom stereocenters. The standard InChI is InChI=1S/C15H29N3O4S/c1-23(20,21)18(14-7-11-22-12-8-14)10-9-16-15(19)17-13-5-3-2-4-6-13/h13-14H,2-12H2,1H3,(H2,16,17,19). The highest BCUT2D eigenvalue weighted by Crippen LogP contribution is 2.18. The van der Waals surface area contributed by atoms with Gasteiger partial charge in [-0.1, -0.05) is 19.3 Å². The van der Waals surface area contributed by atoms with E-state index >= 15 is 0 Å². The van der Waals surface area contributed by atoms with E-state index in [1.807, 2.05) is 0 Å². The van der Waals surface area contributed by atoms with E-state index < -0.39 is 10.0 Å². The Balaban J connectivity index is 1.75. The summed E-state index contributed by atoms with van der Waals surface area (Å²) in [6, 6.07) is 0.0320. The van der Waals surface area contributed by atoms with Gasteiger partial charge >= 0.3 is 6.03 Å². The molecule has 2 aliphatic rings. The number of carbonyl (C=O) groups excluding carboxylic acids is 1. The molecule has 8 heteroatoms. The molecule has 1 saturated heterocycles. The molecule has 134 valence electrons. The van der Waals surface area contributed by atoms with Crippen molar-refractivity contribution in [3.63, 3.8) is 0 Å². The number of amides is 2. The van der Waals surface area contributed by atoms with Gasteiger partial charge in [0, 0.05) is 38.4 Å². The van der Waals surface area contributed by atoms with Crippen molar-refractivity contribution in [1.29, 1.82) is 0 Å². The van der Waals surface area contributed by atoms with Crippen molar-refractivity contribution >= 4 is 16.1 Å². The molecule has 0 radical (unpaired) electrons. The van der Waals surface area contributed by atoms with Gasteiger partial charge in [-0.2, -0.15) is 4.31 Å². The van der Waals surface area contributed by atoms with Crippen molar-refractivity contribution in [2.24, 2.45) is 0 Å². The van der Waals surface area contributed by atoms with Crippen molar-refractivity contribution in [3.05, 3.63) is 0 Å². The Labute approximate surface area is 139 Å². The van der Waals surface area contributed by atoms with Gasteiger partial charge in [0.2, 0.25) is 10.0 Å². The second-order valence-corrected chi connectivity index (χ2v) is 8.39. The Morgan fingerprint density at radius 3 is 2.39 bits per heavy atom. The Morgan fingerprint density at radius 2 is 1.78 bits per heavy atom. The summed E-state index contributed by atoms with van der Waals surface area (Å²) in [7, 11) is -3.28. The van der Waals surface area contributed by atoms with Crippen LogP contribution < -0.4 is 10.6 Å². The third kappa shape index (κ3) is 6.27. The van der Waals surface area contributed by atoms with Crippen LogP contribution in [0, 0.1) is 0 Å². The molecule has 0 spiro atoms. The smallest absolute Gasteiger partial charge is 0.315 e. The molecule has 2 rings (SSSR count). The summed E-state index contributed by atoms with van der Waals surface area (Å²) in [6.45, 7) is 1.81. The fraction of sp³-hybridized carbons (Fsp3) is 0.933. The molecule has 2 fully saturated rings. The van der Waals surface area contributed by atoms with E-state index in [-0.39, 0.29) is 18.1 Å². The molecule has 7 nitrogen and oxygen atoms in total. The summed E-state index contributed by atoms with van der Waals surface area (Å²) in [4.78, 5) is 11.9. The van der Waals surface area contributed by atoms with Crippen LogP contribution in [0.5, 0.6) is 0 Å². The lowest BCUT2D eigenvalue weighted by molar-refractivity contribution is 0.0589. The van der Waals surface area contributed by atoms with Crippen molar-refractivity contribution in [3.8, 4) is 0 Å². The van der Waals surface area contributed by atoms with Crippen LogP contribution in [-0.4, -0.2) is 63.4 Å². The monoisotopic (exact) mass is 347 g/mol. The first-order chi connectivity index (χ1) is 11.0. The molecule has 2 amide bonds. The van der Waals surface area contributed by atoms with Gasteiger partial charge in [0.25, 0.3) is 0 Å². The zero-order chi connectivity index (χ0) is 16.7. The van der Waals surface area contributed by atoms with Crippen LogP contribution in [-0.2, 0) is 14.8 Å². The highest BCUT2D eigenvalue weighted by molar-refractivity contribution is 7.88. The van der Waals surface area contributed by atoms with Crippen LogP contribution in [0.2, 0.25) is 0 Å². The Morgan fingerprint density at radius 1 is 1.13 bits per heavy atom. The molecule has 0 bridgehead atoms. The van der Waals surface area contributed by atoms with E-state index in [9.17, 15) is 13.2 Å². The number of urea groups is 1. The average molecular weight is 347 g/mol. The van der Waals surface area contributed by atoms with Crippen molar-refractivity contribution in [2.45, 2.75) is 57.0 Å². The van der Waals surface area contributed by atoms with E-state index in [0.717, 1.165) is 25.7 Å². The quantitative estimate of drug-likeness (QED) is 0.752. The minimum Gasteiger partial charge on any atom is -0.381 e. The normalized spacial score (nSPS) is 21.3. The molecule has 1 heterocycles. The molecular formula is C15H29N3O4S. The maximum Gasteiger partial charge on any atom is 0.315 e. The topological polar surface area (TPSA) is 87.7 Å². The van der Waals surface area contributed by atoms with Gasteiger partial charge in [-0.15, -0.1) is 0 Å². The molecule has 1 aliphatic carbocycles. The third-order valence-electron chi connectivity index (χ3n) is 4.58. The number of ether oxygens (including phenoxy) is 1. The van der Waals surface area contributed by atoms with Crippen molar-refractivity contribution in [2.75, 3.05) is 32.6 Å². The summed E-state index contributed by atoms with van der Waals surface area (Å²) in [5.74, 6) is 0. The number of carbonyl (C=O) groups is 1. The van der Waals surface area contributed by atoms with Crippen LogP contribution in [0.4, 0.5) is 4.79 Å². The summed E-state index contributed by atoms with van der Waals surface area (Å²) < 4.78 is 30.7. The van der Waals surface area contributed by atoms with Gasteiger partial charge in [0.15, 0.2) is 0 Å². The molecular weight excluding hydrogens is 318 g/mol. The molecule has 0 aromatic rings. The molecule has 23 heavy (non-hydrogen) atoms. The van der Waals surface area contributed by atoms with E-state index in [1.165, 1.54) is 17.0 Å². The number of nitrogens with one attached hydrogen (secondary N) is 2. The number of nitrogens with zero attached hydrogens (tertiary/aromatic N) is 1. The number of sulfonamides is 1. The van der Waals surface area contributed by atoms with Gasteiger partial charge in [0.1, 0.15) is 0 Å². The first kappa shape index (κ1) is 18.5. The van der Waals surface area contributed by atoms with Gasteiger partial charge in [-0.25, -0.2) is 13.2 Å². The highest BCUT2D eigenvalue weighted by Gasteiger charge is 2.28. The Hall–Kier alpha value is -0.860. The van der Waals surface area contributed by atoms with Crippen LogP contribution in [0.15, 0.2) is 0 Å². The van der Waals surface area contributed by atoms with Crippen molar-refractivity contribution in [1.82, 2.24) is 14.9 Å². The molecule has 0 aromatic carbocycles. The maximum atomic E-state index is 12.0. The molecule has 2 N–H and O–H groups in total. The SMILES string of the molecule is CS(=O)(=O)N(CCNC(=O)NC1CCCCC1)C1CCOCC1. The van der Waals surface area contributed by atoms with Gasteiger partial charge < -0.3 is 15.4 Å². The van der Waals surface area contributed by atoms with E-state index in [2.05, 4.69) is 10.6 Å². The minimum atomic E-state index is -3.28. The minimum absolute atomic E-state index is 0.0260. The molecule has 0 aromatic heterocycles. The molecule has 0 atom stereocenters. The third-order valence-corrected chi connectivity index (χ3v) is 5.91. The zero-order valence-electron chi connectivity index (χ0n) is 13.9. The summed E-state index contributed by atoms with van der Waals surface area (Å²) in [5, 5.41) is 5.76. The molecule has 1 aliphatic heterocycles. The van der Waals surface area contributed by atoms with Crippen LogP contribution in [0.25, 0.3) is 0 Å². The molecule has 1 saturated carbocycles. The van der Waals surface area contributed by atoms with Crippen LogP contribution in [0.1, 0.15) is 44.9 Å². The summed E-state index contributed by atoms with van der Waals surface area (Å²) in [5.41, 5.74) is 0. The summed E-state index contributed by atoms with van der Waals surface area (Å²) >= 11 is 0. The summed E-state index contributed by atoms with van der Waals surface area (Å²) in [6.07, 6.45) is 8.28. The number of rotatable bonds is 6. The lowest BCUT2D eigenvalue weighted by Crippen LogP contribution is -2.48. The zero-order valence-corrected chi connectivity index (χ0v) is 14.7. The lowest BCUT2D eigenvalue weighted by atomic mass is 9.96. The van der Waals surface area contributed by atoms with E-state index in [1.54, 1.807) is 0 Å². The fourth-order valence-electron chi connectivity index (χ4n) is 3.36. The lowest BCUT2D eigenvalue weighted by Gasteiger charge is -2.32. The van der Waals surface area contributed by atoms with E-state index in [0.29, 0.717) is 39.1 Å².